The predicted octanol–water partition coefficient (Wildman–Crippen LogP) is 5.12. The average Bonchev–Trinajstić information content (AvgIpc) is 2.65. The summed E-state index contributed by atoms with van der Waals surface area (Å²) in [5.41, 5.74) is 0.608. The summed E-state index contributed by atoms with van der Waals surface area (Å²) in [6.45, 7) is 0. The third-order valence-electron chi connectivity index (χ3n) is 5.43. The number of hydrogen-bond donors (Lipinski definition) is 2. The van der Waals surface area contributed by atoms with E-state index in [0.717, 1.165) is 51.4 Å². The van der Waals surface area contributed by atoms with Crippen LogP contribution in [0.5, 0.6) is 0 Å². The van der Waals surface area contributed by atoms with E-state index >= 15 is 0 Å². The van der Waals surface area contributed by atoms with Crippen molar-refractivity contribution in [3.8, 4) is 0 Å². The third kappa shape index (κ3) is 4.92. The molecule has 0 aromatic heterocycles. The van der Waals surface area contributed by atoms with Gasteiger partial charge in [0.2, 0.25) is 0 Å². The molecule has 0 aliphatic heterocycles. The first-order chi connectivity index (χ1) is 12.5. The molecule has 0 bridgehead atoms. The van der Waals surface area contributed by atoms with Crippen LogP contribution in [0.4, 0.5) is 0 Å². The Bertz CT molecular complexity index is 609. The van der Waals surface area contributed by atoms with Crippen LogP contribution >= 0.6 is 23.2 Å². The molecule has 26 heavy (non-hydrogen) atoms. The van der Waals surface area contributed by atoms with Gasteiger partial charge in [-0.05, 0) is 37.8 Å². The molecule has 2 fully saturated rings. The SMILES string of the molecule is O=C(NC1CCCCC1)c1cc(Cl)c(Cl)cc1C(=O)NC1CCCCC1. The van der Waals surface area contributed by atoms with Crippen LogP contribution < -0.4 is 10.6 Å². The van der Waals surface area contributed by atoms with Crippen LogP contribution in [0.15, 0.2) is 12.1 Å². The molecule has 2 N–H and O–H groups in total. The van der Waals surface area contributed by atoms with E-state index in [4.69, 9.17) is 23.2 Å². The molecule has 2 aliphatic carbocycles. The number of carbonyl (C=O) groups excluding carboxylic acids is 2. The number of nitrogens with one attached hydrogen (secondary N) is 2. The summed E-state index contributed by atoms with van der Waals surface area (Å²) in [5.74, 6) is -0.492. The molecule has 0 atom stereocenters. The lowest BCUT2D eigenvalue weighted by Gasteiger charge is -2.25. The first-order valence-electron chi connectivity index (χ1n) is 9.65. The Morgan fingerprint density at radius 3 is 1.38 bits per heavy atom. The topological polar surface area (TPSA) is 58.2 Å². The van der Waals surface area contributed by atoms with E-state index in [1.807, 2.05) is 0 Å². The minimum Gasteiger partial charge on any atom is -0.349 e. The van der Waals surface area contributed by atoms with E-state index in [-0.39, 0.29) is 33.9 Å². The Morgan fingerprint density at radius 2 is 1.04 bits per heavy atom. The van der Waals surface area contributed by atoms with E-state index in [0.29, 0.717) is 11.1 Å². The zero-order valence-corrected chi connectivity index (χ0v) is 16.5. The molecule has 6 heteroatoms. The number of rotatable bonds is 4. The van der Waals surface area contributed by atoms with Gasteiger partial charge >= 0.3 is 0 Å². The van der Waals surface area contributed by atoms with Gasteiger partial charge in [-0.25, -0.2) is 0 Å². The minimum atomic E-state index is -0.246. The highest BCUT2D eigenvalue weighted by Crippen LogP contribution is 2.27. The maximum absolute atomic E-state index is 12.8. The van der Waals surface area contributed by atoms with Crippen molar-refractivity contribution < 1.29 is 9.59 Å². The van der Waals surface area contributed by atoms with Crippen molar-refractivity contribution in [2.45, 2.75) is 76.3 Å². The summed E-state index contributed by atoms with van der Waals surface area (Å²) < 4.78 is 0. The zero-order chi connectivity index (χ0) is 18.5. The summed E-state index contributed by atoms with van der Waals surface area (Å²) in [6.07, 6.45) is 10.9. The number of carbonyl (C=O) groups is 2. The zero-order valence-electron chi connectivity index (χ0n) is 15.0. The van der Waals surface area contributed by atoms with Crippen LogP contribution in [0.25, 0.3) is 0 Å². The molecule has 2 aliphatic rings. The van der Waals surface area contributed by atoms with E-state index in [2.05, 4.69) is 10.6 Å². The highest BCUT2D eigenvalue weighted by atomic mass is 35.5. The molecule has 2 saturated carbocycles. The second kappa shape index (κ2) is 9.09. The highest BCUT2D eigenvalue weighted by molar-refractivity contribution is 6.42. The van der Waals surface area contributed by atoms with Crippen molar-refractivity contribution in [3.05, 3.63) is 33.3 Å². The van der Waals surface area contributed by atoms with Gasteiger partial charge in [0.15, 0.2) is 0 Å². The molecule has 142 valence electrons. The quantitative estimate of drug-likeness (QED) is 0.741. The van der Waals surface area contributed by atoms with Crippen molar-refractivity contribution in [3.63, 3.8) is 0 Å². The molecule has 0 unspecified atom stereocenters. The summed E-state index contributed by atoms with van der Waals surface area (Å²) in [5, 5.41) is 6.69. The highest BCUT2D eigenvalue weighted by Gasteiger charge is 2.24. The van der Waals surface area contributed by atoms with E-state index in [9.17, 15) is 9.59 Å². The molecule has 0 saturated heterocycles. The average molecular weight is 397 g/mol. The van der Waals surface area contributed by atoms with E-state index in [1.54, 1.807) is 0 Å². The van der Waals surface area contributed by atoms with Gasteiger partial charge in [-0.2, -0.15) is 0 Å². The number of halogens is 2. The fraction of sp³-hybridized carbons (Fsp3) is 0.600. The summed E-state index contributed by atoms with van der Waals surface area (Å²) in [6, 6.07) is 3.36. The largest absolute Gasteiger partial charge is 0.349 e. The Kier molecular flexibility index (Phi) is 6.82. The summed E-state index contributed by atoms with van der Waals surface area (Å²) in [7, 11) is 0. The van der Waals surface area contributed by atoms with Gasteiger partial charge in [-0.15, -0.1) is 0 Å². The fourth-order valence-electron chi connectivity index (χ4n) is 3.94. The van der Waals surface area contributed by atoms with Gasteiger partial charge < -0.3 is 10.6 Å². The van der Waals surface area contributed by atoms with Gasteiger partial charge in [0.05, 0.1) is 21.2 Å². The van der Waals surface area contributed by atoms with Crippen LogP contribution in [0.1, 0.15) is 84.9 Å². The molecule has 2 amide bonds. The predicted molar refractivity (Wildman–Crippen MR) is 105 cm³/mol. The Labute approximate surface area is 165 Å². The molecule has 4 nitrogen and oxygen atoms in total. The molecule has 1 aromatic carbocycles. The number of benzene rings is 1. The fourth-order valence-corrected chi connectivity index (χ4v) is 4.27. The first kappa shape index (κ1) is 19.5. The first-order valence-corrected chi connectivity index (χ1v) is 10.4. The smallest absolute Gasteiger partial charge is 0.252 e. The van der Waals surface area contributed by atoms with E-state index in [1.165, 1.54) is 25.0 Å². The van der Waals surface area contributed by atoms with Gasteiger partial charge in [0, 0.05) is 12.1 Å². The van der Waals surface area contributed by atoms with E-state index < -0.39 is 0 Å². The lowest BCUT2D eigenvalue weighted by molar-refractivity contribution is 0.0892. The number of hydrogen-bond acceptors (Lipinski definition) is 2. The van der Waals surface area contributed by atoms with Crippen LogP contribution in [0.3, 0.4) is 0 Å². The Hall–Kier alpha value is -1.26. The van der Waals surface area contributed by atoms with Crippen molar-refractivity contribution >= 4 is 35.0 Å². The molecule has 0 heterocycles. The third-order valence-corrected chi connectivity index (χ3v) is 6.15. The second-order valence-electron chi connectivity index (χ2n) is 7.43. The van der Waals surface area contributed by atoms with Crippen LogP contribution in [-0.2, 0) is 0 Å². The van der Waals surface area contributed by atoms with Gasteiger partial charge in [-0.3, -0.25) is 9.59 Å². The standard InChI is InChI=1S/C20H26Cl2N2O2/c21-17-11-15(19(25)23-13-7-3-1-4-8-13)16(12-18(17)22)20(26)24-14-9-5-2-6-10-14/h11-14H,1-10H2,(H,23,25)(H,24,26). The second-order valence-corrected chi connectivity index (χ2v) is 8.24. The van der Waals surface area contributed by atoms with Crippen molar-refractivity contribution in [2.24, 2.45) is 0 Å². The minimum absolute atomic E-state index is 0.167. The maximum atomic E-state index is 12.8. The molecular formula is C20H26Cl2N2O2. The molecular weight excluding hydrogens is 371 g/mol. The van der Waals surface area contributed by atoms with Gasteiger partial charge in [0.25, 0.3) is 11.8 Å². The van der Waals surface area contributed by atoms with Crippen molar-refractivity contribution in [2.75, 3.05) is 0 Å². The Morgan fingerprint density at radius 1 is 0.692 bits per heavy atom. The van der Waals surface area contributed by atoms with Crippen LogP contribution in [0.2, 0.25) is 10.0 Å². The molecule has 1 aromatic rings. The molecule has 0 spiro atoms. The Balaban J connectivity index is 1.77. The summed E-state index contributed by atoms with van der Waals surface area (Å²) >= 11 is 12.3. The lowest BCUT2D eigenvalue weighted by Crippen LogP contribution is -2.39. The van der Waals surface area contributed by atoms with Gasteiger partial charge in [-0.1, -0.05) is 61.7 Å². The maximum Gasteiger partial charge on any atom is 0.252 e. The monoisotopic (exact) mass is 396 g/mol. The van der Waals surface area contributed by atoms with Crippen LogP contribution in [0, 0.1) is 0 Å². The lowest BCUT2D eigenvalue weighted by atomic mass is 9.94. The van der Waals surface area contributed by atoms with Crippen LogP contribution in [-0.4, -0.2) is 23.9 Å². The normalized spacial score (nSPS) is 19.2. The van der Waals surface area contributed by atoms with Crippen molar-refractivity contribution in [1.29, 1.82) is 0 Å². The number of amides is 2. The van der Waals surface area contributed by atoms with Gasteiger partial charge in [0.1, 0.15) is 0 Å². The molecule has 3 rings (SSSR count). The molecule has 0 radical (unpaired) electrons. The van der Waals surface area contributed by atoms with Crippen molar-refractivity contribution in [1.82, 2.24) is 10.6 Å². The summed E-state index contributed by atoms with van der Waals surface area (Å²) in [4.78, 5) is 25.6.